The molecular weight excluding hydrogens is 282 g/mol. The van der Waals surface area contributed by atoms with Gasteiger partial charge in [0.15, 0.2) is 0 Å². The van der Waals surface area contributed by atoms with Gasteiger partial charge in [-0.1, -0.05) is 17.7 Å². The first-order valence-corrected chi connectivity index (χ1v) is 6.73. The summed E-state index contributed by atoms with van der Waals surface area (Å²) in [6.07, 6.45) is -0.120. The molecule has 5 nitrogen and oxygen atoms in total. The fourth-order valence-electron chi connectivity index (χ4n) is 2.18. The zero-order valence-corrected chi connectivity index (χ0v) is 11.9. The van der Waals surface area contributed by atoms with E-state index in [1.165, 1.54) is 0 Å². The molecule has 20 heavy (non-hydrogen) atoms. The van der Waals surface area contributed by atoms with Gasteiger partial charge in [0.25, 0.3) is 5.91 Å². The Labute approximate surface area is 122 Å². The largest absolute Gasteiger partial charge is 0.481 e. The first-order chi connectivity index (χ1) is 9.49. The zero-order chi connectivity index (χ0) is 14.7. The van der Waals surface area contributed by atoms with Crippen LogP contribution in [0.2, 0.25) is 5.02 Å². The SMILES string of the molecule is Cc1ccc(C(=O)N2CCOCC2CC(=O)O)cc1Cl. The van der Waals surface area contributed by atoms with Crippen molar-refractivity contribution in [3.63, 3.8) is 0 Å². The first kappa shape index (κ1) is 14.8. The lowest BCUT2D eigenvalue weighted by Gasteiger charge is -2.35. The standard InChI is InChI=1S/C14H16ClNO4/c1-9-2-3-10(6-12(9)15)14(19)16-4-5-20-8-11(16)7-13(17)18/h2-3,6,11H,4-5,7-8H2,1H3,(H,17,18). The molecule has 0 aliphatic carbocycles. The monoisotopic (exact) mass is 297 g/mol. The molecule has 6 heteroatoms. The number of rotatable bonds is 3. The maximum Gasteiger partial charge on any atom is 0.305 e. The van der Waals surface area contributed by atoms with E-state index in [1.54, 1.807) is 23.1 Å². The van der Waals surface area contributed by atoms with Crippen LogP contribution in [0, 0.1) is 6.92 Å². The summed E-state index contributed by atoms with van der Waals surface area (Å²) in [6, 6.07) is 4.67. The van der Waals surface area contributed by atoms with Crippen molar-refractivity contribution in [2.24, 2.45) is 0 Å². The summed E-state index contributed by atoms with van der Waals surface area (Å²) in [4.78, 5) is 24.9. The minimum Gasteiger partial charge on any atom is -0.481 e. The highest BCUT2D eigenvalue weighted by Crippen LogP contribution is 2.20. The van der Waals surface area contributed by atoms with E-state index in [0.717, 1.165) is 5.56 Å². The van der Waals surface area contributed by atoms with E-state index >= 15 is 0 Å². The Morgan fingerprint density at radius 1 is 1.50 bits per heavy atom. The number of benzene rings is 1. The molecule has 1 fully saturated rings. The molecule has 1 unspecified atom stereocenters. The second-order valence-electron chi connectivity index (χ2n) is 4.79. The van der Waals surface area contributed by atoms with Crippen molar-refractivity contribution < 1.29 is 19.4 Å². The normalized spacial score (nSPS) is 18.9. The number of ether oxygens (including phenoxy) is 1. The Morgan fingerprint density at radius 2 is 2.25 bits per heavy atom. The molecule has 108 valence electrons. The van der Waals surface area contributed by atoms with E-state index in [2.05, 4.69) is 0 Å². The minimum atomic E-state index is -0.944. The third-order valence-electron chi connectivity index (χ3n) is 3.32. The van der Waals surface area contributed by atoms with E-state index < -0.39 is 12.0 Å². The Kier molecular flexibility index (Phi) is 4.62. The summed E-state index contributed by atoms with van der Waals surface area (Å²) >= 11 is 6.03. The zero-order valence-electron chi connectivity index (χ0n) is 11.1. The van der Waals surface area contributed by atoms with Crippen molar-refractivity contribution in [2.45, 2.75) is 19.4 Å². The third kappa shape index (κ3) is 3.29. The minimum absolute atomic E-state index is 0.120. The number of morpholine rings is 1. The number of carbonyl (C=O) groups excluding carboxylic acids is 1. The fraction of sp³-hybridized carbons (Fsp3) is 0.429. The summed E-state index contributed by atoms with van der Waals surface area (Å²) in [5.74, 6) is -1.15. The van der Waals surface area contributed by atoms with Gasteiger partial charge < -0.3 is 14.7 Å². The molecular formula is C14H16ClNO4. The highest BCUT2D eigenvalue weighted by atomic mass is 35.5. The van der Waals surface area contributed by atoms with Crippen LogP contribution in [0.1, 0.15) is 22.3 Å². The Bertz CT molecular complexity index is 532. The van der Waals surface area contributed by atoms with Crippen LogP contribution in [0.25, 0.3) is 0 Å². The molecule has 1 aromatic rings. The van der Waals surface area contributed by atoms with Crippen LogP contribution in [0.15, 0.2) is 18.2 Å². The number of halogens is 1. The predicted octanol–water partition coefficient (Wildman–Crippen LogP) is 1.96. The molecule has 0 saturated carbocycles. The highest BCUT2D eigenvalue weighted by molar-refractivity contribution is 6.31. The number of amides is 1. The van der Waals surface area contributed by atoms with Crippen LogP contribution < -0.4 is 0 Å². The molecule has 1 atom stereocenters. The van der Waals surface area contributed by atoms with Gasteiger partial charge in [0.1, 0.15) is 0 Å². The number of hydrogen-bond donors (Lipinski definition) is 1. The lowest BCUT2D eigenvalue weighted by atomic mass is 10.1. The van der Waals surface area contributed by atoms with Gasteiger partial charge in [-0.05, 0) is 24.6 Å². The molecule has 0 spiro atoms. The summed E-state index contributed by atoms with van der Waals surface area (Å²) in [7, 11) is 0. The van der Waals surface area contributed by atoms with Crippen LogP contribution in [-0.4, -0.2) is 47.7 Å². The van der Waals surface area contributed by atoms with Crippen molar-refractivity contribution >= 4 is 23.5 Å². The van der Waals surface area contributed by atoms with E-state index in [-0.39, 0.29) is 18.9 Å². The molecule has 0 radical (unpaired) electrons. The smallest absolute Gasteiger partial charge is 0.305 e. The molecule has 1 heterocycles. The van der Waals surface area contributed by atoms with Gasteiger partial charge in [0.05, 0.1) is 25.7 Å². The van der Waals surface area contributed by atoms with Gasteiger partial charge in [-0.15, -0.1) is 0 Å². The van der Waals surface area contributed by atoms with E-state index in [1.807, 2.05) is 6.92 Å². The number of carboxylic acid groups (broad SMARTS) is 1. The number of carboxylic acids is 1. The van der Waals surface area contributed by atoms with E-state index in [4.69, 9.17) is 21.4 Å². The summed E-state index contributed by atoms with van der Waals surface area (Å²) in [6.45, 7) is 2.92. The van der Waals surface area contributed by atoms with Crippen LogP contribution in [-0.2, 0) is 9.53 Å². The molecule has 1 N–H and O–H groups in total. The van der Waals surface area contributed by atoms with E-state index in [0.29, 0.717) is 23.7 Å². The summed E-state index contributed by atoms with van der Waals surface area (Å²) in [5, 5.41) is 9.43. The lowest BCUT2D eigenvalue weighted by molar-refractivity contribution is -0.139. The topological polar surface area (TPSA) is 66.8 Å². The number of aryl methyl sites for hydroxylation is 1. The molecule has 0 aromatic heterocycles. The molecule has 1 aliphatic rings. The summed E-state index contributed by atoms with van der Waals surface area (Å²) in [5.41, 5.74) is 1.37. The highest BCUT2D eigenvalue weighted by Gasteiger charge is 2.29. The van der Waals surface area contributed by atoms with Crippen molar-refractivity contribution in [1.82, 2.24) is 4.90 Å². The van der Waals surface area contributed by atoms with Gasteiger partial charge in [-0.25, -0.2) is 0 Å². The van der Waals surface area contributed by atoms with Crippen molar-refractivity contribution in [2.75, 3.05) is 19.8 Å². The second kappa shape index (κ2) is 6.24. The lowest BCUT2D eigenvalue weighted by Crippen LogP contribution is -2.49. The molecule has 2 rings (SSSR count). The molecule has 0 bridgehead atoms. The number of hydrogen-bond acceptors (Lipinski definition) is 3. The Balaban J connectivity index is 2.20. The van der Waals surface area contributed by atoms with Crippen molar-refractivity contribution in [3.05, 3.63) is 34.3 Å². The predicted molar refractivity (Wildman–Crippen MR) is 74.1 cm³/mol. The second-order valence-corrected chi connectivity index (χ2v) is 5.20. The molecule has 1 saturated heterocycles. The van der Waals surface area contributed by atoms with Gasteiger partial charge in [-0.2, -0.15) is 0 Å². The van der Waals surface area contributed by atoms with Gasteiger partial charge in [0, 0.05) is 17.1 Å². The average molecular weight is 298 g/mol. The average Bonchev–Trinajstić information content (AvgIpc) is 2.41. The number of nitrogens with zero attached hydrogens (tertiary/aromatic N) is 1. The quantitative estimate of drug-likeness (QED) is 0.926. The van der Waals surface area contributed by atoms with Crippen LogP contribution in [0.5, 0.6) is 0 Å². The van der Waals surface area contributed by atoms with Gasteiger partial charge >= 0.3 is 5.97 Å². The van der Waals surface area contributed by atoms with Crippen LogP contribution in [0.3, 0.4) is 0 Å². The Hall–Kier alpha value is -1.59. The third-order valence-corrected chi connectivity index (χ3v) is 3.72. The number of aliphatic carboxylic acids is 1. The fourth-order valence-corrected chi connectivity index (χ4v) is 2.37. The van der Waals surface area contributed by atoms with Crippen LogP contribution in [0.4, 0.5) is 0 Å². The van der Waals surface area contributed by atoms with Crippen LogP contribution >= 0.6 is 11.6 Å². The molecule has 1 aromatic carbocycles. The van der Waals surface area contributed by atoms with Crippen molar-refractivity contribution in [3.8, 4) is 0 Å². The van der Waals surface area contributed by atoms with Crippen molar-refractivity contribution in [1.29, 1.82) is 0 Å². The van der Waals surface area contributed by atoms with Gasteiger partial charge in [0.2, 0.25) is 0 Å². The molecule has 1 amide bonds. The maximum absolute atomic E-state index is 12.5. The Morgan fingerprint density at radius 3 is 2.90 bits per heavy atom. The first-order valence-electron chi connectivity index (χ1n) is 6.35. The molecule has 1 aliphatic heterocycles. The summed E-state index contributed by atoms with van der Waals surface area (Å²) < 4.78 is 5.26. The maximum atomic E-state index is 12.5. The van der Waals surface area contributed by atoms with Gasteiger partial charge in [-0.3, -0.25) is 9.59 Å². The number of carbonyl (C=O) groups is 2. The van der Waals surface area contributed by atoms with E-state index in [9.17, 15) is 9.59 Å².